The van der Waals surface area contributed by atoms with Crippen LogP contribution in [0.4, 0.5) is 0 Å². The van der Waals surface area contributed by atoms with E-state index >= 15 is 0 Å². The van der Waals surface area contributed by atoms with Crippen molar-refractivity contribution in [3.63, 3.8) is 0 Å². The molecule has 2 aliphatic rings. The van der Waals surface area contributed by atoms with E-state index in [4.69, 9.17) is 4.74 Å². The number of hydrogen-bond acceptors (Lipinski definition) is 6. The maximum atomic E-state index is 12.9. The highest BCUT2D eigenvalue weighted by atomic mass is 16.5. The molecule has 26 heavy (non-hydrogen) atoms. The van der Waals surface area contributed by atoms with Crippen LogP contribution in [0, 0.1) is 0 Å². The minimum atomic E-state index is -0.838. The maximum Gasteiger partial charge on any atom is 0.316 e. The lowest BCUT2D eigenvalue weighted by Crippen LogP contribution is -2.51. The Morgan fingerprint density at radius 2 is 2.12 bits per heavy atom. The van der Waals surface area contributed by atoms with Gasteiger partial charge in [-0.2, -0.15) is 0 Å². The van der Waals surface area contributed by atoms with E-state index in [1.165, 1.54) is 0 Å². The highest BCUT2D eigenvalue weighted by molar-refractivity contribution is 5.78. The fraction of sp³-hybridized carbons (Fsp3) is 0.556. The molecule has 1 aliphatic carbocycles. The van der Waals surface area contributed by atoms with E-state index in [0.717, 1.165) is 17.8 Å². The molecule has 0 spiro atoms. The van der Waals surface area contributed by atoms with Gasteiger partial charge in [0, 0.05) is 31.6 Å². The van der Waals surface area contributed by atoms with Gasteiger partial charge in [0.05, 0.1) is 36.6 Å². The maximum absolute atomic E-state index is 12.9. The summed E-state index contributed by atoms with van der Waals surface area (Å²) in [6.07, 6.45) is 8.20. The molecule has 1 N–H and O–H groups in total. The SMILES string of the molecule is Cn1cnc2c1CC(COc1ncccn1)N(C(=O)CC1(O)CCC1)C2. The summed E-state index contributed by atoms with van der Waals surface area (Å²) in [5, 5.41) is 10.4. The van der Waals surface area contributed by atoms with Crippen LogP contribution in [0.3, 0.4) is 0 Å². The third kappa shape index (κ3) is 3.29. The first-order valence-electron chi connectivity index (χ1n) is 8.95. The van der Waals surface area contributed by atoms with E-state index in [1.807, 2.05) is 11.6 Å². The number of rotatable bonds is 5. The molecule has 0 saturated heterocycles. The minimum absolute atomic E-state index is 0.0499. The zero-order valence-corrected chi connectivity index (χ0v) is 14.8. The Morgan fingerprint density at radius 1 is 1.35 bits per heavy atom. The van der Waals surface area contributed by atoms with Gasteiger partial charge in [0.1, 0.15) is 6.61 Å². The van der Waals surface area contributed by atoms with E-state index < -0.39 is 5.60 Å². The third-order valence-corrected chi connectivity index (χ3v) is 5.37. The van der Waals surface area contributed by atoms with Gasteiger partial charge in [0.15, 0.2) is 0 Å². The summed E-state index contributed by atoms with van der Waals surface area (Å²) >= 11 is 0. The van der Waals surface area contributed by atoms with Gasteiger partial charge in [0.2, 0.25) is 5.91 Å². The Kier molecular flexibility index (Phi) is 4.36. The van der Waals surface area contributed by atoms with Gasteiger partial charge < -0.3 is 19.3 Å². The summed E-state index contributed by atoms with van der Waals surface area (Å²) in [5.41, 5.74) is 1.18. The summed E-state index contributed by atoms with van der Waals surface area (Å²) in [4.78, 5) is 27.2. The van der Waals surface area contributed by atoms with Crippen LogP contribution in [-0.2, 0) is 24.8 Å². The predicted molar refractivity (Wildman–Crippen MR) is 92.2 cm³/mol. The molecule has 0 radical (unpaired) electrons. The largest absolute Gasteiger partial charge is 0.461 e. The fourth-order valence-electron chi connectivity index (χ4n) is 3.64. The van der Waals surface area contributed by atoms with E-state index in [2.05, 4.69) is 15.0 Å². The number of carbonyl (C=O) groups is 1. The Labute approximate surface area is 151 Å². The van der Waals surface area contributed by atoms with Crippen molar-refractivity contribution in [2.24, 2.45) is 7.05 Å². The number of hydrogen-bond donors (Lipinski definition) is 1. The van der Waals surface area contributed by atoms with Gasteiger partial charge >= 0.3 is 6.01 Å². The van der Waals surface area contributed by atoms with E-state index in [9.17, 15) is 9.90 Å². The number of carbonyl (C=O) groups excluding carboxylic acids is 1. The van der Waals surface area contributed by atoms with Crippen molar-refractivity contribution in [1.82, 2.24) is 24.4 Å². The molecule has 8 heteroatoms. The van der Waals surface area contributed by atoms with Crippen molar-refractivity contribution in [3.8, 4) is 6.01 Å². The number of amides is 1. The zero-order valence-electron chi connectivity index (χ0n) is 14.8. The highest BCUT2D eigenvalue weighted by Crippen LogP contribution is 2.36. The standard InChI is InChI=1S/C18H23N5O3/c1-22-12-21-14-10-23(16(24)9-18(25)4-2-5-18)13(8-15(14)22)11-26-17-19-6-3-7-20-17/h3,6-7,12-13,25H,2,4-5,8-11H2,1H3. The quantitative estimate of drug-likeness (QED) is 0.853. The molecule has 0 bridgehead atoms. The second-order valence-corrected chi connectivity index (χ2v) is 7.23. The van der Waals surface area contributed by atoms with Crippen LogP contribution >= 0.6 is 0 Å². The number of aryl methyl sites for hydroxylation is 1. The molecule has 1 atom stereocenters. The van der Waals surface area contributed by atoms with Gasteiger partial charge in [-0.15, -0.1) is 0 Å². The van der Waals surface area contributed by atoms with Gasteiger partial charge in [-0.05, 0) is 25.3 Å². The average Bonchev–Trinajstić information content (AvgIpc) is 2.99. The predicted octanol–water partition coefficient (Wildman–Crippen LogP) is 0.847. The van der Waals surface area contributed by atoms with Crippen LogP contribution in [0.25, 0.3) is 0 Å². The molecule has 1 amide bonds. The number of aromatic nitrogens is 4. The van der Waals surface area contributed by atoms with Crippen molar-refractivity contribution in [1.29, 1.82) is 0 Å². The van der Waals surface area contributed by atoms with Crippen LogP contribution in [0.15, 0.2) is 24.8 Å². The molecule has 1 aliphatic heterocycles. The highest BCUT2D eigenvalue weighted by Gasteiger charge is 2.40. The molecular weight excluding hydrogens is 334 g/mol. The minimum Gasteiger partial charge on any atom is -0.461 e. The van der Waals surface area contributed by atoms with Crippen molar-refractivity contribution >= 4 is 5.91 Å². The topological polar surface area (TPSA) is 93.4 Å². The number of ether oxygens (including phenoxy) is 1. The molecule has 3 heterocycles. The van der Waals surface area contributed by atoms with Crippen LogP contribution < -0.4 is 4.74 Å². The van der Waals surface area contributed by atoms with Crippen LogP contribution in [0.2, 0.25) is 0 Å². The van der Waals surface area contributed by atoms with Crippen LogP contribution in [-0.4, -0.2) is 53.7 Å². The van der Waals surface area contributed by atoms with Crippen LogP contribution in [0.5, 0.6) is 6.01 Å². The Bertz CT molecular complexity index is 787. The lowest BCUT2D eigenvalue weighted by molar-refractivity contribution is -0.144. The van der Waals surface area contributed by atoms with Gasteiger partial charge in [-0.25, -0.2) is 15.0 Å². The average molecular weight is 357 g/mol. The van der Waals surface area contributed by atoms with Crippen LogP contribution in [0.1, 0.15) is 37.1 Å². The second kappa shape index (κ2) is 6.68. The summed E-state index contributed by atoms with van der Waals surface area (Å²) < 4.78 is 7.71. The smallest absolute Gasteiger partial charge is 0.316 e. The van der Waals surface area contributed by atoms with Crippen molar-refractivity contribution in [2.75, 3.05) is 6.61 Å². The first-order chi connectivity index (χ1) is 12.5. The number of nitrogens with zero attached hydrogens (tertiary/aromatic N) is 5. The molecule has 1 fully saturated rings. The van der Waals surface area contributed by atoms with Gasteiger partial charge in [-0.3, -0.25) is 4.79 Å². The Balaban J connectivity index is 1.51. The fourth-order valence-corrected chi connectivity index (χ4v) is 3.64. The van der Waals surface area contributed by atoms with Crippen molar-refractivity contribution in [2.45, 2.75) is 50.3 Å². The molecule has 138 valence electrons. The zero-order chi connectivity index (χ0) is 18.1. The van der Waals surface area contributed by atoms with Crippen molar-refractivity contribution in [3.05, 3.63) is 36.2 Å². The third-order valence-electron chi connectivity index (χ3n) is 5.37. The number of imidazole rings is 1. The summed E-state index contributed by atoms with van der Waals surface area (Å²) in [6.45, 7) is 0.744. The van der Waals surface area contributed by atoms with Gasteiger partial charge in [-0.1, -0.05) is 0 Å². The first kappa shape index (κ1) is 17.0. The summed E-state index contributed by atoms with van der Waals surface area (Å²) in [7, 11) is 1.96. The molecule has 1 unspecified atom stereocenters. The molecule has 2 aromatic rings. The molecule has 1 saturated carbocycles. The molecule has 8 nitrogen and oxygen atoms in total. The lowest BCUT2D eigenvalue weighted by Gasteiger charge is -2.40. The molecular formula is C18H23N5O3. The van der Waals surface area contributed by atoms with Crippen molar-refractivity contribution < 1.29 is 14.6 Å². The Hall–Kier alpha value is -2.48. The number of aliphatic hydroxyl groups is 1. The van der Waals surface area contributed by atoms with E-state index in [1.54, 1.807) is 29.7 Å². The monoisotopic (exact) mass is 357 g/mol. The van der Waals surface area contributed by atoms with E-state index in [-0.39, 0.29) is 18.4 Å². The van der Waals surface area contributed by atoms with E-state index in [0.29, 0.717) is 38.4 Å². The Morgan fingerprint density at radius 3 is 2.81 bits per heavy atom. The summed E-state index contributed by atoms with van der Waals surface area (Å²) in [5.74, 6) is -0.0499. The number of fused-ring (bicyclic) bond motifs is 1. The van der Waals surface area contributed by atoms with Gasteiger partial charge in [0.25, 0.3) is 0 Å². The second-order valence-electron chi connectivity index (χ2n) is 7.23. The summed E-state index contributed by atoms with van der Waals surface area (Å²) in [6, 6.07) is 1.89. The molecule has 2 aromatic heterocycles. The first-order valence-corrected chi connectivity index (χ1v) is 8.95. The lowest BCUT2D eigenvalue weighted by atomic mass is 9.77. The normalized spacial score (nSPS) is 21.0. The molecule has 4 rings (SSSR count). The molecule has 0 aromatic carbocycles.